The monoisotopic (exact) mass is 368 g/mol. The minimum absolute atomic E-state index is 0.455. The van der Waals surface area contributed by atoms with E-state index in [9.17, 15) is 0 Å². The Bertz CT molecular complexity index is 583. The first-order valence-electron chi connectivity index (χ1n) is 7.10. The third-order valence-electron chi connectivity index (χ3n) is 3.15. The van der Waals surface area contributed by atoms with Gasteiger partial charge in [0.2, 0.25) is 0 Å². The Labute approximate surface area is 138 Å². The Morgan fingerprint density at radius 3 is 2.86 bits per heavy atom. The fraction of sp³-hybridized carbons (Fsp3) is 0.438. The van der Waals surface area contributed by atoms with E-state index in [0.29, 0.717) is 12.6 Å². The lowest BCUT2D eigenvalue weighted by molar-refractivity contribution is 0.318. The molecule has 0 atom stereocenters. The van der Waals surface area contributed by atoms with Crippen molar-refractivity contribution in [3.63, 3.8) is 0 Å². The average molecular weight is 369 g/mol. The minimum atomic E-state index is 0.455. The molecular weight excluding hydrogens is 348 g/mol. The molecule has 2 aromatic rings. The maximum atomic E-state index is 5.97. The Morgan fingerprint density at radius 1 is 1.38 bits per heavy atom. The number of ether oxygens (including phenoxy) is 1. The molecule has 0 spiro atoms. The average Bonchev–Trinajstić information content (AvgIpc) is 2.84. The van der Waals surface area contributed by atoms with Gasteiger partial charge >= 0.3 is 0 Å². The standard InChI is InChI=1S/C16H21BrN2OS/c1-11(2)18-9-13-8-14(17)4-5-15(13)20-7-6-16-12(3)19-10-21-16/h4-5,8,10-11,18H,6-7,9H2,1-3H3. The van der Waals surface area contributed by atoms with E-state index in [0.717, 1.165) is 28.9 Å². The molecule has 0 aliphatic heterocycles. The second-order valence-corrected chi connectivity index (χ2v) is 7.10. The Balaban J connectivity index is 1.96. The molecule has 0 unspecified atom stereocenters. The van der Waals surface area contributed by atoms with E-state index in [1.165, 1.54) is 10.4 Å². The number of rotatable bonds is 7. The number of benzene rings is 1. The summed E-state index contributed by atoms with van der Waals surface area (Å²) in [6.07, 6.45) is 0.906. The maximum Gasteiger partial charge on any atom is 0.123 e. The van der Waals surface area contributed by atoms with E-state index in [1.807, 2.05) is 24.6 Å². The quantitative estimate of drug-likeness (QED) is 0.789. The third-order valence-corrected chi connectivity index (χ3v) is 4.64. The van der Waals surface area contributed by atoms with Gasteiger partial charge in [-0.25, -0.2) is 4.98 Å². The number of thiazole rings is 1. The molecule has 114 valence electrons. The summed E-state index contributed by atoms with van der Waals surface area (Å²) < 4.78 is 7.05. The first-order valence-corrected chi connectivity index (χ1v) is 8.77. The molecule has 0 radical (unpaired) electrons. The zero-order valence-electron chi connectivity index (χ0n) is 12.6. The van der Waals surface area contributed by atoms with Crippen LogP contribution in [0.3, 0.4) is 0 Å². The van der Waals surface area contributed by atoms with Gasteiger partial charge in [-0.15, -0.1) is 11.3 Å². The molecule has 0 saturated heterocycles. The van der Waals surface area contributed by atoms with E-state index < -0.39 is 0 Å². The Hall–Kier alpha value is -0.910. The molecule has 1 heterocycles. The predicted octanol–water partition coefficient (Wildman–Crippen LogP) is 4.33. The van der Waals surface area contributed by atoms with E-state index in [1.54, 1.807) is 11.3 Å². The van der Waals surface area contributed by atoms with Crippen molar-refractivity contribution in [3.05, 3.63) is 44.3 Å². The molecular formula is C16H21BrN2OS. The number of aryl methyl sites for hydroxylation is 1. The molecule has 2 rings (SSSR count). The fourth-order valence-electron chi connectivity index (χ4n) is 1.96. The summed E-state index contributed by atoms with van der Waals surface area (Å²) in [5.74, 6) is 0.952. The molecule has 1 aromatic carbocycles. The lowest BCUT2D eigenvalue weighted by Crippen LogP contribution is -2.22. The normalized spacial score (nSPS) is 11.1. The second kappa shape index (κ2) is 7.92. The van der Waals surface area contributed by atoms with E-state index in [4.69, 9.17) is 4.74 Å². The van der Waals surface area contributed by atoms with Crippen molar-refractivity contribution in [2.75, 3.05) is 6.61 Å². The molecule has 0 amide bonds. The van der Waals surface area contributed by atoms with Gasteiger partial charge in [-0.2, -0.15) is 0 Å². The zero-order chi connectivity index (χ0) is 15.2. The Morgan fingerprint density at radius 2 is 2.19 bits per heavy atom. The predicted molar refractivity (Wildman–Crippen MR) is 92.2 cm³/mol. The molecule has 0 saturated carbocycles. The van der Waals surface area contributed by atoms with Crippen LogP contribution >= 0.6 is 27.3 Å². The van der Waals surface area contributed by atoms with Gasteiger partial charge < -0.3 is 10.1 Å². The molecule has 1 aromatic heterocycles. The molecule has 0 aliphatic carbocycles. The van der Waals surface area contributed by atoms with Crippen LogP contribution in [0.25, 0.3) is 0 Å². The summed E-state index contributed by atoms with van der Waals surface area (Å²) in [6, 6.07) is 6.62. The second-order valence-electron chi connectivity index (χ2n) is 5.25. The number of nitrogens with one attached hydrogen (secondary N) is 1. The summed E-state index contributed by atoms with van der Waals surface area (Å²) in [6.45, 7) is 7.82. The van der Waals surface area contributed by atoms with Crippen LogP contribution in [0.15, 0.2) is 28.2 Å². The summed E-state index contributed by atoms with van der Waals surface area (Å²) in [5, 5.41) is 3.43. The number of aromatic nitrogens is 1. The van der Waals surface area contributed by atoms with E-state index in [-0.39, 0.29) is 0 Å². The highest BCUT2D eigenvalue weighted by Gasteiger charge is 2.07. The van der Waals surface area contributed by atoms with Crippen LogP contribution in [0.5, 0.6) is 5.75 Å². The van der Waals surface area contributed by atoms with Crippen LogP contribution < -0.4 is 10.1 Å². The summed E-state index contributed by atoms with van der Waals surface area (Å²) in [7, 11) is 0. The zero-order valence-corrected chi connectivity index (χ0v) is 15.1. The van der Waals surface area contributed by atoms with Crippen molar-refractivity contribution < 1.29 is 4.74 Å². The van der Waals surface area contributed by atoms with Crippen molar-refractivity contribution in [1.82, 2.24) is 10.3 Å². The topological polar surface area (TPSA) is 34.1 Å². The Kier molecular flexibility index (Phi) is 6.21. The highest BCUT2D eigenvalue weighted by molar-refractivity contribution is 9.10. The number of nitrogens with zero attached hydrogens (tertiary/aromatic N) is 1. The van der Waals surface area contributed by atoms with Crippen molar-refractivity contribution in [3.8, 4) is 5.75 Å². The molecule has 5 heteroatoms. The molecule has 21 heavy (non-hydrogen) atoms. The minimum Gasteiger partial charge on any atom is -0.493 e. The van der Waals surface area contributed by atoms with Gasteiger partial charge in [0.05, 0.1) is 17.8 Å². The van der Waals surface area contributed by atoms with Crippen molar-refractivity contribution in [2.24, 2.45) is 0 Å². The molecule has 3 nitrogen and oxygen atoms in total. The molecule has 0 aliphatic rings. The van der Waals surface area contributed by atoms with Crippen LogP contribution in [-0.4, -0.2) is 17.6 Å². The first kappa shape index (κ1) is 16.5. The van der Waals surface area contributed by atoms with Gasteiger partial charge in [0.15, 0.2) is 0 Å². The van der Waals surface area contributed by atoms with Crippen LogP contribution in [0.2, 0.25) is 0 Å². The summed E-state index contributed by atoms with van der Waals surface area (Å²) >= 11 is 5.22. The lowest BCUT2D eigenvalue weighted by atomic mass is 10.2. The maximum absolute atomic E-state index is 5.97. The van der Waals surface area contributed by atoms with Crippen molar-refractivity contribution >= 4 is 27.3 Å². The van der Waals surface area contributed by atoms with Gasteiger partial charge in [0.25, 0.3) is 0 Å². The van der Waals surface area contributed by atoms with Crippen LogP contribution in [0.4, 0.5) is 0 Å². The largest absolute Gasteiger partial charge is 0.493 e. The first-order chi connectivity index (χ1) is 10.1. The van der Waals surface area contributed by atoms with Gasteiger partial charge in [-0.05, 0) is 25.1 Å². The molecule has 0 fully saturated rings. The highest BCUT2D eigenvalue weighted by Crippen LogP contribution is 2.24. The van der Waals surface area contributed by atoms with Crippen molar-refractivity contribution in [1.29, 1.82) is 0 Å². The summed E-state index contributed by atoms with van der Waals surface area (Å²) in [5.41, 5.74) is 4.18. The van der Waals surface area contributed by atoms with E-state index in [2.05, 4.69) is 46.1 Å². The van der Waals surface area contributed by atoms with Gasteiger partial charge in [-0.3, -0.25) is 0 Å². The van der Waals surface area contributed by atoms with E-state index >= 15 is 0 Å². The van der Waals surface area contributed by atoms with Crippen LogP contribution in [-0.2, 0) is 13.0 Å². The lowest BCUT2D eigenvalue weighted by Gasteiger charge is -2.14. The van der Waals surface area contributed by atoms with Crippen molar-refractivity contribution in [2.45, 2.75) is 39.8 Å². The molecule has 0 bridgehead atoms. The smallest absolute Gasteiger partial charge is 0.123 e. The van der Waals surface area contributed by atoms with Crippen LogP contribution in [0.1, 0.15) is 30.0 Å². The molecule has 1 N–H and O–H groups in total. The van der Waals surface area contributed by atoms with Gasteiger partial charge in [-0.1, -0.05) is 29.8 Å². The van der Waals surface area contributed by atoms with Gasteiger partial charge in [0.1, 0.15) is 5.75 Å². The SMILES string of the molecule is Cc1ncsc1CCOc1ccc(Br)cc1CNC(C)C. The number of hydrogen-bond donors (Lipinski definition) is 1. The number of hydrogen-bond acceptors (Lipinski definition) is 4. The summed E-state index contributed by atoms with van der Waals surface area (Å²) in [4.78, 5) is 5.57. The third kappa shape index (κ3) is 5.09. The number of halogens is 1. The fourth-order valence-corrected chi connectivity index (χ4v) is 3.13. The van der Waals surface area contributed by atoms with Gasteiger partial charge in [0, 0.05) is 33.9 Å². The van der Waals surface area contributed by atoms with Crippen LogP contribution in [0, 0.1) is 6.92 Å². The highest BCUT2D eigenvalue weighted by atomic mass is 79.9.